The molecule has 0 spiro atoms. The summed E-state index contributed by atoms with van der Waals surface area (Å²) in [7, 11) is -3.75. The van der Waals surface area contributed by atoms with Crippen molar-refractivity contribution in [1.29, 1.82) is 0 Å². The van der Waals surface area contributed by atoms with Gasteiger partial charge in [-0.25, -0.2) is 13.1 Å². The lowest BCUT2D eigenvalue weighted by Gasteiger charge is -2.03. The first-order valence-corrected chi connectivity index (χ1v) is 10.3. The second-order valence-corrected chi connectivity index (χ2v) is 8.00. The molecule has 0 aliphatic heterocycles. The van der Waals surface area contributed by atoms with Crippen LogP contribution in [0.5, 0.6) is 0 Å². The summed E-state index contributed by atoms with van der Waals surface area (Å²) in [6.07, 6.45) is 1.44. The predicted octanol–water partition coefficient (Wildman–Crippen LogP) is 3.04. The summed E-state index contributed by atoms with van der Waals surface area (Å²) in [6, 6.07) is 14.4. The molecular formula is C18H16N2O5S2. The molecule has 0 radical (unpaired) electrons. The number of carbonyl (C=O) groups is 1. The van der Waals surface area contributed by atoms with Crippen LogP contribution in [-0.2, 0) is 26.2 Å². The molecule has 1 aromatic carbocycles. The van der Waals surface area contributed by atoms with Crippen molar-refractivity contribution < 1.29 is 22.5 Å². The molecule has 1 N–H and O–H groups in total. The molecular weight excluding hydrogens is 388 g/mol. The van der Waals surface area contributed by atoms with Gasteiger partial charge >= 0.3 is 5.97 Å². The Labute approximate surface area is 160 Å². The third-order valence-corrected chi connectivity index (χ3v) is 5.29. The van der Waals surface area contributed by atoms with Gasteiger partial charge in [-0.1, -0.05) is 41.6 Å². The molecule has 0 atom stereocenters. The Hall–Kier alpha value is -2.75. The maximum atomic E-state index is 11.9. The van der Waals surface area contributed by atoms with Crippen molar-refractivity contribution in [3.63, 3.8) is 0 Å². The number of rotatable bonds is 8. The first-order chi connectivity index (χ1) is 13.0. The van der Waals surface area contributed by atoms with E-state index in [-0.39, 0.29) is 6.61 Å². The van der Waals surface area contributed by atoms with E-state index in [1.54, 1.807) is 30.3 Å². The molecule has 0 saturated carbocycles. The monoisotopic (exact) mass is 404 g/mol. The number of carbonyl (C=O) groups excluding carboxylic acids is 1. The zero-order valence-corrected chi connectivity index (χ0v) is 15.7. The lowest BCUT2D eigenvalue weighted by molar-refractivity contribution is -0.143. The molecule has 27 heavy (non-hydrogen) atoms. The highest BCUT2D eigenvalue weighted by Crippen LogP contribution is 2.25. The normalized spacial score (nSPS) is 11.7. The Bertz CT molecular complexity index is 1010. The highest BCUT2D eigenvalue weighted by Gasteiger charge is 2.12. The number of esters is 1. The number of aromatic nitrogens is 1. The van der Waals surface area contributed by atoms with Crippen LogP contribution in [0.2, 0.25) is 0 Å². The van der Waals surface area contributed by atoms with Gasteiger partial charge in [-0.05, 0) is 23.1 Å². The zero-order chi connectivity index (χ0) is 19.1. The summed E-state index contributed by atoms with van der Waals surface area (Å²) < 4.78 is 36.1. The molecule has 0 aliphatic rings. The Morgan fingerprint density at radius 2 is 2.04 bits per heavy atom. The van der Waals surface area contributed by atoms with E-state index in [1.165, 1.54) is 17.4 Å². The van der Waals surface area contributed by atoms with Crippen LogP contribution < -0.4 is 4.72 Å². The number of thiophene rings is 1. The Morgan fingerprint density at radius 1 is 1.22 bits per heavy atom. The highest BCUT2D eigenvalue weighted by atomic mass is 32.2. The third kappa shape index (κ3) is 5.88. The first kappa shape index (κ1) is 19.0. The number of nitrogens with zero attached hydrogens (tertiary/aromatic N) is 1. The topological polar surface area (TPSA) is 98.5 Å². The van der Waals surface area contributed by atoms with E-state index < -0.39 is 22.5 Å². The minimum atomic E-state index is -3.75. The SMILES string of the molecule is O=C(CNS(=O)(=O)/C=C/c1ccccc1)OCc1cc(-c2cccs2)on1. The largest absolute Gasteiger partial charge is 0.458 e. The molecule has 0 aliphatic carbocycles. The number of hydrogen-bond donors (Lipinski definition) is 1. The molecule has 7 nitrogen and oxygen atoms in total. The lowest BCUT2D eigenvalue weighted by Crippen LogP contribution is -2.29. The van der Waals surface area contributed by atoms with Crippen LogP contribution in [-0.4, -0.2) is 26.1 Å². The van der Waals surface area contributed by atoms with Gasteiger partial charge in [0.15, 0.2) is 5.76 Å². The van der Waals surface area contributed by atoms with Crippen molar-refractivity contribution in [2.45, 2.75) is 6.61 Å². The van der Waals surface area contributed by atoms with Crippen molar-refractivity contribution in [2.75, 3.05) is 6.54 Å². The van der Waals surface area contributed by atoms with E-state index >= 15 is 0 Å². The van der Waals surface area contributed by atoms with Crippen molar-refractivity contribution in [1.82, 2.24) is 9.88 Å². The number of ether oxygens (including phenoxy) is 1. The third-order valence-electron chi connectivity index (χ3n) is 3.36. The maximum Gasteiger partial charge on any atom is 0.321 e. The van der Waals surface area contributed by atoms with E-state index in [0.29, 0.717) is 11.5 Å². The van der Waals surface area contributed by atoms with Crippen molar-refractivity contribution >= 4 is 33.4 Å². The van der Waals surface area contributed by atoms with Crippen LogP contribution in [0.25, 0.3) is 16.7 Å². The highest BCUT2D eigenvalue weighted by molar-refractivity contribution is 7.92. The van der Waals surface area contributed by atoms with Gasteiger partial charge in [0.05, 0.1) is 4.88 Å². The summed E-state index contributed by atoms with van der Waals surface area (Å²) in [6.45, 7) is -0.577. The second-order valence-electron chi connectivity index (χ2n) is 5.40. The van der Waals surface area contributed by atoms with Gasteiger partial charge in [0.25, 0.3) is 0 Å². The van der Waals surface area contributed by atoms with Gasteiger partial charge in [-0.2, -0.15) is 0 Å². The van der Waals surface area contributed by atoms with Gasteiger partial charge in [0.2, 0.25) is 10.0 Å². The quantitative estimate of drug-likeness (QED) is 0.580. The van der Waals surface area contributed by atoms with Crippen LogP contribution in [0.3, 0.4) is 0 Å². The molecule has 140 valence electrons. The van der Waals surface area contributed by atoms with Crippen molar-refractivity contribution in [3.05, 3.63) is 70.6 Å². The summed E-state index contributed by atoms with van der Waals surface area (Å²) in [5, 5.41) is 6.73. The molecule has 9 heteroatoms. The van der Waals surface area contributed by atoms with E-state index in [1.807, 2.05) is 23.6 Å². The molecule has 2 heterocycles. The molecule has 2 aromatic heterocycles. The van der Waals surface area contributed by atoms with E-state index in [9.17, 15) is 13.2 Å². The summed E-state index contributed by atoms with van der Waals surface area (Å²) in [5.41, 5.74) is 1.18. The number of hydrogen-bond acceptors (Lipinski definition) is 7. The van der Waals surface area contributed by atoms with Crippen LogP contribution >= 0.6 is 11.3 Å². The number of benzene rings is 1. The molecule has 3 aromatic rings. The summed E-state index contributed by atoms with van der Waals surface area (Å²) in [5.74, 6) is -0.129. The number of nitrogens with one attached hydrogen (secondary N) is 1. The molecule has 0 saturated heterocycles. The van der Waals surface area contributed by atoms with Gasteiger partial charge in [0, 0.05) is 11.5 Å². The Morgan fingerprint density at radius 3 is 2.78 bits per heavy atom. The molecule has 0 fully saturated rings. The smallest absolute Gasteiger partial charge is 0.321 e. The minimum Gasteiger partial charge on any atom is -0.458 e. The zero-order valence-electron chi connectivity index (χ0n) is 14.1. The fourth-order valence-electron chi connectivity index (χ4n) is 2.06. The Kier molecular flexibility index (Phi) is 6.17. The molecule has 0 amide bonds. The summed E-state index contributed by atoms with van der Waals surface area (Å²) in [4.78, 5) is 12.7. The van der Waals surface area contributed by atoms with Crippen LogP contribution in [0.1, 0.15) is 11.3 Å². The molecule has 3 rings (SSSR count). The average molecular weight is 404 g/mol. The fraction of sp³-hybridized carbons (Fsp3) is 0.111. The lowest BCUT2D eigenvalue weighted by atomic mass is 10.2. The van der Waals surface area contributed by atoms with E-state index in [2.05, 4.69) is 9.88 Å². The Balaban J connectivity index is 1.46. The predicted molar refractivity (Wildman–Crippen MR) is 102 cm³/mol. The standard InChI is InChI=1S/C18H16N2O5S2/c21-18(12-19-27(22,23)10-8-14-5-2-1-3-6-14)24-13-15-11-16(25-20-15)17-7-4-9-26-17/h1-11,19H,12-13H2/b10-8+. The van der Waals surface area contributed by atoms with Crippen LogP contribution in [0, 0.1) is 0 Å². The number of sulfonamides is 1. The summed E-state index contributed by atoms with van der Waals surface area (Å²) >= 11 is 1.50. The van der Waals surface area contributed by atoms with Crippen LogP contribution in [0.4, 0.5) is 0 Å². The molecule has 0 bridgehead atoms. The maximum absolute atomic E-state index is 11.9. The van der Waals surface area contributed by atoms with E-state index in [4.69, 9.17) is 9.26 Å². The van der Waals surface area contributed by atoms with Gasteiger partial charge in [-0.15, -0.1) is 11.3 Å². The average Bonchev–Trinajstić information content (AvgIpc) is 3.35. The van der Waals surface area contributed by atoms with Crippen molar-refractivity contribution in [3.8, 4) is 10.6 Å². The molecule has 0 unspecified atom stereocenters. The second kappa shape index (κ2) is 8.76. The van der Waals surface area contributed by atoms with Gasteiger partial charge < -0.3 is 9.26 Å². The fourth-order valence-corrected chi connectivity index (χ4v) is 3.48. The van der Waals surface area contributed by atoms with Gasteiger partial charge in [0.1, 0.15) is 18.8 Å². The van der Waals surface area contributed by atoms with E-state index in [0.717, 1.165) is 15.8 Å². The minimum absolute atomic E-state index is 0.102. The van der Waals surface area contributed by atoms with Crippen molar-refractivity contribution in [2.24, 2.45) is 0 Å². The van der Waals surface area contributed by atoms with Gasteiger partial charge in [-0.3, -0.25) is 4.79 Å². The van der Waals surface area contributed by atoms with Crippen LogP contribution in [0.15, 0.2) is 63.8 Å². The first-order valence-electron chi connectivity index (χ1n) is 7.90.